The van der Waals surface area contributed by atoms with Crippen molar-refractivity contribution in [3.05, 3.63) is 74.8 Å². The fraction of sp³-hybridized carbons (Fsp3) is 0.235. The van der Waals surface area contributed by atoms with Crippen molar-refractivity contribution in [2.75, 3.05) is 0 Å². The lowest BCUT2D eigenvalue weighted by molar-refractivity contribution is -0.384. The van der Waals surface area contributed by atoms with Gasteiger partial charge in [-0.25, -0.2) is 0 Å². The summed E-state index contributed by atoms with van der Waals surface area (Å²) in [7, 11) is 0. The molecule has 6 nitrogen and oxygen atoms in total. The van der Waals surface area contributed by atoms with E-state index in [1.807, 2.05) is 24.3 Å². The number of carbonyl (C=O) groups is 1. The summed E-state index contributed by atoms with van der Waals surface area (Å²) in [6.45, 7) is 1.65. The molecule has 23 heavy (non-hydrogen) atoms. The first-order valence-electron chi connectivity index (χ1n) is 7.29. The number of non-ortho nitro benzene ring substituents is 1. The lowest BCUT2D eigenvalue weighted by atomic mass is 10.0. The number of carbonyl (C=O) groups excluding carboxylic acids is 1. The number of aliphatic hydroxyl groups excluding tert-OH is 1. The van der Waals surface area contributed by atoms with Gasteiger partial charge in [-0.05, 0) is 29.7 Å². The standard InChI is InChI=1S/C17H16N2O4/c1-10-8-12(19(22)23)6-7-13(10)17(21)18-16-14-5-3-2-4-11(14)9-15(16)20/h2-8,15-16,20H,9H2,1H3,(H,18,21)/t15-,16+/m1/s1. The minimum absolute atomic E-state index is 0.0507. The zero-order valence-electron chi connectivity index (χ0n) is 12.5. The van der Waals surface area contributed by atoms with E-state index in [2.05, 4.69) is 5.32 Å². The maximum absolute atomic E-state index is 12.5. The fourth-order valence-electron chi connectivity index (χ4n) is 2.98. The maximum Gasteiger partial charge on any atom is 0.269 e. The Bertz CT molecular complexity index is 788. The van der Waals surface area contributed by atoms with E-state index < -0.39 is 17.1 Å². The highest BCUT2D eigenvalue weighted by molar-refractivity contribution is 5.96. The third-order valence-electron chi connectivity index (χ3n) is 4.16. The van der Waals surface area contributed by atoms with Crippen molar-refractivity contribution in [2.45, 2.75) is 25.5 Å². The summed E-state index contributed by atoms with van der Waals surface area (Å²) in [5.41, 5.74) is 2.77. The van der Waals surface area contributed by atoms with Crippen LogP contribution in [0.1, 0.15) is 33.1 Å². The molecule has 0 heterocycles. The molecule has 1 amide bonds. The largest absolute Gasteiger partial charge is 0.390 e. The molecule has 0 spiro atoms. The van der Waals surface area contributed by atoms with Gasteiger partial charge >= 0.3 is 0 Å². The molecule has 2 aromatic rings. The average molecular weight is 312 g/mol. The van der Waals surface area contributed by atoms with E-state index in [9.17, 15) is 20.0 Å². The van der Waals surface area contributed by atoms with Crippen LogP contribution < -0.4 is 5.32 Å². The van der Waals surface area contributed by atoms with Gasteiger partial charge in [0.1, 0.15) is 0 Å². The normalized spacial score (nSPS) is 19.2. The molecule has 6 heteroatoms. The van der Waals surface area contributed by atoms with Crippen LogP contribution in [-0.2, 0) is 6.42 Å². The molecular formula is C17H16N2O4. The Morgan fingerprint density at radius 3 is 2.74 bits per heavy atom. The van der Waals surface area contributed by atoms with Gasteiger partial charge in [0.25, 0.3) is 11.6 Å². The summed E-state index contributed by atoms with van der Waals surface area (Å²) < 4.78 is 0. The fourth-order valence-corrected chi connectivity index (χ4v) is 2.98. The molecule has 2 aromatic carbocycles. The summed E-state index contributed by atoms with van der Waals surface area (Å²) in [6.07, 6.45) is -0.171. The Kier molecular flexibility index (Phi) is 3.83. The van der Waals surface area contributed by atoms with E-state index in [0.717, 1.165) is 11.1 Å². The van der Waals surface area contributed by atoms with Crippen molar-refractivity contribution in [3.63, 3.8) is 0 Å². The highest BCUT2D eigenvalue weighted by atomic mass is 16.6. The molecule has 0 aliphatic heterocycles. The van der Waals surface area contributed by atoms with Gasteiger partial charge in [0.05, 0.1) is 17.1 Å². The quantitative estimate of drug-likeness (QED) is 0.672. The van der Waals surface area contributed by atoms with Crippen LogP contribution in [0.4, 0.5) is 5.69 Å². The Morgan fingerprint density at radius 2 is 2.04 bits per heavy atom. The number of benzene rings is 2. The van der Waals surface area contributed by atoms with Crippen molar-refractivity contribution in [1.29, 1.82) is 0 Å². The highest BCUT2D eigenvalue weighted by Gasteiger charge is 2.32. The predicted octanol–water partition coefficient (Wildman–Crippen LogP) is 2.29. The summed E-state index contributed by atoms with van der Waals surface area (Å²) in [5.74, 6) is -0.349. The van der Waals surface area contributed by atoms with Crippen molar-refractivity contribution < 1.29 is 14.8 Å². The highest BCUT2D eigenvalue weighted by Crippen LogP contribution is 2.31. The van der Waals surface area contributed by atoms with Crippen LogP contribution in [0, 0.1) is 17.0 Å². The second kappa shape index (κ2) is 5.81. The first-order chi connectivity index (χ1) is 11.0. The molecule has 1 aliphatic carbocycles. The Balaban J connectivity index is 1.84. The Labute approximate surface area is 132 Å². The third-order valence-corrected chi connectivity index (χ3v) is 4.16. The maximum atomic E-state index is 12.5. The Hall–Kier alpha value is -2.73. The number of hydrogen-bond donors (Lipinski definition) is 2. The van der Waals surface area contributed by atoms with E-state index in [1.54, 1.807) is 6.92 Å². The monoisotopic (exact) mass is 312 g/mol. The molecular weight excluding hydrogens is 296 g/mol. The molecule has 3 rings (SSSR count). The zero-order chi connectivity index (χ0) is 16.6. The number of nitro benzene ring substituents is 1. The smallest absolute Gasteiger partial charge is 0.269 e. The topological polar surface area (TPSA) is 92.5 Å². The van der Waals surface area contributed by atoms with Crippen LogP contribution in [0.3, 0.4) is 0 Å². The number of rotatable bonds is 3. The minimum Gasteiger partial charge on any atom is -0.390 e. The SMILES string of the molecule is Cc1cc([N+](=O)[O-])ccc1C(=O)N[C@H]1c2ccccc2C[C@H]1O. The van der Waals surface area contributed by atoms with Gasteiger partial charge < -0.3 is 10.4 Å². The van der Waals surface area contributed by atoms with E-state index in [-0.39, 0.29) is 11.6 Å². The lowest BCUT2D eigenvalue weighted by Crippen LogP contribution is -2.34. The van der Waals surface area contributed by atoms with Crippen LogP contribution in [0.5, 0.6) is 0 Å². The van der Waals surface area contributed by atoms with Gasteiger partial charge in [0, 0.05) is 24.1 Å². The van der Waals surface area contributed by atoms with Crippen LogP contribution >= 0.6 is 0 Å². The van der Waals surface area contributed by atoms with E-state index in [4.69, 9.17) is 0 Å². The van der Waals surface area contributed by atoms with E-state index in [0.29, 0.717) is 17.5 Å². The van der Waals surface area contributed by atoms with Crippen molar-refractivity contribution in [1.82, 2.24) is 5.32 Å². The van der Waals surface area contributed by atoms with Crippen molar-refractivity contribution in [2.24, 2.45) is 0 Å². The number of nitro groups is 1. The van der Waals surface area contributed by atoms with Gasteiger partial charge in [-0.3, -0.25) is 14.9 Å². The predicted molar refractivity (Wildman–Crippen MR) is 84.2 cm³/mol. The molecule has 118 valence electrons. The molecule has 0 radical (unpaired) electrons. The summed E-state index contributed by atoms with van der Waals surface area (Å²) in [6, 6.07) is 11.2. The number of nitrogens with one attached hydrogen (secondary N) is 1. The molecule has 1 aliphatic rings. The number of aryl methyl sites for hydroxylation is 1. The van der Waals surface area contributed by atoms with Gasteiger partial charge in [0.2, 0.25) is 0 Å². The van der Waals surface area contributed by atoms with Gasteiger partial charge in [-0.2, -0.15) is 0 Å². The molecule has 0 aromatic heterocycles. The van der Waals surface area contributed by atoms with Gasteiger partial charge in [-0.1, -0.05) is 24.3 Å². The number of nitrogens with zero attached hydrogens (tertiary/aromatic N) is 1. The van der Waals surface area contributed by atoms with Crippen LogP contribution in [0.15, 0.2) is 42.5 Å². The molecule has 2 N–H and O–H groups in total. The number of hydrogen-bond acceptors (Lipinski definition) is 4. The number of amides is 1. The summed E-state index contributed by atoms with van der Waals surface area (Å²) >= 11 is 0. The molecule has 0 bridgehead atoms. The summed E-state index contributed by atoms with van der Waals surface area (Å²) in [5, 5.41) is 23.8. The van der Waals surface area contributed by atoms with Crippen molar-refractivity contribution >= 4 is 11.6 Å². The molecule has 2 atom stereocenters. The van der Waals surface area contributed by atoms with Crippen LogP contribution in [0.25, 0.3) is 0 Å². The lowest BCUT2D eigenvalue weighted by Gasteiger charge is -2.18. The van der Waals surface area contributed by atoms with E-state index in [1.165, 1.54) is 18.2 Å². The average Bonchev–Trinajstić information content (AvgIpc) is 2.83. The number of aliphatic hydroxyl groups is 1. The zero-order valence-corrected chi connectivity index (χ0v) is 12.5. The first-order valence-corrected chi connectivity index (χ1v) is 7.29. The van der Waals surface area contributed by atoms with Crippen molar-refractivity contribution in [3.8, 4) is 0 Å². The molecule has 0 saturated heterocycles. The van der Waals surface area contributed by atoms with E-state index >= 15 is 0 Å². The first kappa shape index (κ1) is 15.2. The third kappa shape index (κ3) is 2.80. The van der Waals surface area contributed by atoms with Crippen LogP contribution in [0.2, 0.25) is 0 Å². The second-order valence-electron chi connectivity index (χ2n) is 5.68. The van der Waals surface area contributed by atoms with Gasteiger partial charge in [-0.15, -0.1) is 0 Å². The second-order valence-corrected chi connectivity index (χ2v) is 5.68. The molecule has 0 unspecified atom stereocenters. The van der Waals surface area contributed by atoms with Crippen LogP contribution in [-0.4, -0.2) is 22.0 Å². The molecule has 0 saturated carbocycles. The summed E-state index contributed by atoms with van der Waals surface area (Å²) in [4.78, 5) is 22.7. The molecule has 0 fully saturated rings. The minimum atomic E-state index is -0.672. The van der Waals surface area contributed by atoms with Gasteiger partial charge in [0.15, 0.2) is 0 Å². The Morgan fingerprint density at radius 1 is 1.30 bits per heavy atom. The number of fused-ring (bicyclic) bond motifs is 1.